The van der Waals surface area contributed by atoms with E-state index in [2.05, 4.69) is 10.6 Å². The zero-order valence-electron chi connectivity index (χ0n) is 21.2. The molecule has 0 unspecified atom stereocenters. The van der Waals surface area contributed by atoms with Gasteiger partial charge >= 0.3 is 5.97 Å². The summed E-state index contributed by atoms with van der Waals surface area (Å²) in [6, 6.07) is 20.0. The van der Waals surface area contributed by atoms with Gasteiger partial charge in [-0.25, -0.2) is 4.79 Å². The molecule has 1 aliphatic rings. The Morgan fingerprint density at radius 3 is 2.21 bits per heavy atom. The van der Waals surface area contributed by atoms with E-state index in [1.807, 2.05) is 0 Å². The van der Waals surface area contributed by atoms with Gasteiger partial charge in [-0.15, -0.1) is 0 Å². The molecule has 0 fully saturated rings. The molecule has 0 saturated heterocycles. The lowest BCUT2D eigenvalue weighted by Crippen LogP contribution is -2.33. The Morgan fingerprint density at radius 2 is 1.54 bits per heavy atom. The molecule has 3 amide bonds. The first-order chi connectivity index (χ1) is 18.6. The van der Waals surface area contributed by atoms with Crippen LogP contribution in [0.15, 0.2) is 83.5 Å². The molecule has 0 saturated carbocycles. The molecule has 1 aliphatic heterocycles. The van der Waals surface area contributed by atoms with Crippen molar-refractivity contribution in [1.29, 1.82) is 0 Å². The Bertz CT molecular complexity index is 1450. The fourth-order valence-corrected chi connectivity index (χ4v) is 4.17. The van der Waals surface area contributed by atoms with Crippen molar-refractivity contribution in [3.63, 3.8) is 0 Å². The normalized spacial score (nSPS) is 13.2. The van der Waals surface area contributed by atoms with E-state index in [4.69, 9.17) is 27.9 Å². The van der Waals surface area contributed by atoms with Gasteiger partial charge in [-0.2, -0.15) is 0 Å². The average Bonchev–Trinajstić information content (AvgIpc) is 3.11. The number of anilines is 1. The zero-order chi connectivity index (χ0) is 28.1. The second kappa shape index (κ2) is 12.1. The number of nitrogens with zero attached hydrogens (tertiary/aromatic N) is 1. The van der Waals surface area contributed by atoms with Crippen molar-refractivity contribution in [2.75, 3.05) is 5.32 Å². The van der Waals surface area contributed by atoms with Crippen molar-refractivity contribution in [2.45, 2.75) is 33.0 Å². The van der Waals surface area contributed by atoms with Crippen LogP contribution in [-0.2, 0) is 27.4 Å². The maximum Gasteiger partial charge on any atom is 0.338 e. The molecule has 1 heterocycles. The Morgan fingerprint density at radius 1 is 0.872 bits per heavy atom. The van der Waals surface area contributed by atoms with Crippen LogP contribution < -0.4 is 10.6 Å². The summed E-state index contributed by atoms with van der Waals surface area (Å²) in [5.74, 6) is -1.92. The number of rotatable bonds is 9. The summed E-state index contributed by atoms with van der Waals surface area (Å²) in [7, 11) is 0. The lowest BCUT2D eigenvalue weighted by molar-refractivity contribution is -0.138. The highest BCUT2D eigenvalue weighted by Gasteiger charge is 2.37. The van der Waals surface area contributed by atoms with Crippen molar-refractivity contribution in [2.24, 2.45) is 0 Å². The van der Waals surface area contributed by atoms with E-state index in [0.717, 1.165) is 16.0 Å². The number of halogens is 2. The minimum absolute atomic E-state index is 0.0216. The summed E-state index contributed by atoms with van der Waals surface area (Å²) in [5, 5.41) is 6.08. The van der Waals surface area contributed by atoms with Gasteiger partial charge < -0.3 is 15.4 Å². The van der Waals surface area contributed by atoms with Crippen LogP contribution in [0.1, 0.15) is 45.7 Å². The maximum atomic E-state index is 12.8. The van der Waals surface area contributed by atoms with Gasteiger partial charge in [-0.3, -0.25) is 19.3 Å². The standard InChI is InChI=1S/C29H25Cl2N3O5/c1-17(2)39-29(38)21-4-3-5-23(14-21)33-26(35)20-10-6-18(7-11-20)15-32-25-24(31)27(36)34(28(25)37)16-19-8-12-22(30)13-9-19/h3-14,17,32H,15-16H2,1-2H3,(H,33,35). The lowest BCUT2D eigenvalue weighted by atomic mass is 10.1. The van der Waals surface area contributed by atoms with Crippen LogP contribution in [-0.4, -0.2) is 34.7 Å². The number of imide groups is 1. The van der Waals surface area contributed by atoms with Crippen molar-refractivity contribution in [3.8, 4) is 0 Å². The molecule has 39 heavy (non-hydrogen) atoms. The van der Waals surface area contributed by atoms with Crippen molar-refractivity contribution in [3.05, 3.63) is 111 Å². The van der Waals surface area contributed by atoms with E-state index in [1.54, 1.807) is 86.6 Å². The van der Waals surface area contributed by atoms with Crippen LogP contribution in [0, 0.1) is 0 Å². The summed E-state index contributed by atoms with van der Waals surface area (Å²) >= 11 is 12.1. The number of carbonyl (C=O) groups excluding carboxylic acids is 4. The lowest BCUT2D eigenvalue weighted by Gasteiger charge is -2.15. The van der Waals surface area contributed by atoms with Crippen LogP contribution in [0.2, 0.25) is 5.02 Å². The third-order valence-electron chi connectivity index (χ3n) is 5.75. The van der Waals surface area contributed by atoms with Gasteiger partial charge in [0, 0.05) is 22.8 Å². The molecular weight excluding hydrogens is 541 g/mol. The Kier molecular flexibility index (Phi) is 8.69. The summed E-state index contributed by atoms with van der Waals surface area (Å²) in [6.45, 7) is 3.80. The number of hydrogen-bond acceptors (Lipinski definition) is 6. The molecule has 2 N–H and O–H groups in total. The molecule has 4 rings (SSSR count). The number of esters is 1. The van der Waals surface area contributed by atoms with Crippen LogP contribution in [0.5, 0.6) is 0 Å². The van der Waals surface area contributed by atoms with E-state index < -0.39 is 17.8 Å². The summed E-state index contributed by atoms with van der Waals surface area (Å²) < 4.78 is 5.19. The van der Waals surface area contributed by atoms with Gasteiger partial charge in [0.2, 0.25) is 0 Å². The van der Waals surface area contributed by atoms with E-state index in [1.165, 1.54) is 0 Å². The second-order valence-corrected chi connectivity index (χ2v) is 9.87. The minimum Gasteiger partial charge on any atom is -0.459 e. The number of hydrogen-bond donors (Lipinski definition) is 2. The fraction of sp³-hybridized carbons (Fsp3) is 0.172. The predicted octanol–water partition coefficient (Wildman–Crippen LogP) is 5.27. The summed E-state index contributed by atoms with van der Waals surface area (Å²) in [5.41, 5.74) is 2.71. The van der Waals surface area contributed by atoms with E-state index in [-0.39, 0.29) is 35.8 Å². The molecular formula is C29H25Cl2N3O5. The van der Waals surface area contributed by atoms with Crippen molar-refractivity contribution >= 4 is 52.6 Å². The topological polar surface area (TPSA) is 105 Å². The van der Waals surface area contributed by atoms with Crippen LogP contribution in [0.3, 0.4) is 0 Å². The number of benzene rings is 3. The third kappa shape index (κ3) is 6.85. The highest BCUT2D eigenvalue weighted by molar-refractivity contribution is 6.47. The first-order valence-electron chi connectivity index (χ1n) is 12.1. The average molecular weight is 566 g/mol. The highest BCUT2D eigenvalue weighted by atomic mass is 35.5. The molecule has 200 valence electrons. The van der Waals surface area contributed by atoms with Crippen molar-refractivity contribution in [1.82, 2.24) is 10.2 Å². The zero-order valence-corrected chi connectivity index (χ0v) is 22.7. The maximum absolute atomic E-state index is 12.8. The van der Waals surface area contributed by atoms with E-state index in [0.29, 0.717) is 21.8 Å². The number of nitrogens with one attached hydrogen (secondary N) is 2. The van der Waals surface area contributed by atoms with Crippen LogP contribution >= 0.6 is 23.2 Å². The molecule has 0 aliphatic carbocycles. The van der Waals surface area contributed by atoms with Crippen molar-refractivity contribution < 1.29 is 23.9 Å². The van der Waals surface area contributed by atoms with Gasteiger partial charge in [0.25, 0.3) is 17.7 Å². The van der Waals surface area contributed by atoms with E-state index >= 15 is 0 Å². The van der Waals surface area contributed by atoms with Gasteiger partial charge in [-0.05, 0) is 67.4 Å². The van der Waals surface area contributed by atoms with Crippen LogP contribution in [0.4, 0.5) is 5.69 Å². The molecule has 3 aromatic rings. The molecule has 0 atom stereocenters. The number of carbonyl (C=O) groups is 4. The molecule has 0 aromatic heterocycles. The Balaban J connectivity index is 1.35. The Labute approximate surface area is 235 Å². The number of ether oxygens (including phenoxy) is 1. The van der Waals surface area contributed by atoms with Gasteiger partial charge in [0.15, 0.2) is 0 Å². The summed E-state index contributed by atoms with van der Waals surface area (Å²) in [4.78, 5) is 51.3. The third-order valence-corrected chi connectivity index (χ3v) is 6.35. The largest absolute Gasteiger partial charge is 0.459 e. The molecule has 8 nitrogen and oxygen atoms in total. The molecule has 10 heteroatoms. The first kappa shape index (κ1) is 27.9. The van der Waals surface area contributed by atoms with Gasteiger partial charge in [0.05, 0.1) is 18.2 Å². The molecule has 3 aromatic carbocycles. The minimum atomic E-state index is -0.576. The molecule has 0 spiro atoms. The Hall–Kier alpha value is -4.14. The van der Waals surface area contributed by atoms with Gasteiger partial charge in [-0.1, -0.05) is 53.5 Å². The summed E-state index contributed by atoms with van der Waals surface area (Å²) in [6.07, 6.45) is -0.253. The van der Waals surface area contributed by atoms with Gasteiger partial charge in [0.1, 0.15) is 10.7 Å². The number of amides is 3. The molecule has 0 bridgehead atoms. The monoisotopic (exact) mass is 565 g/mol. The smallest absolute Gasteiger partial charge is 0.338 e. The SMILES string of the molecule is CC(C)OC(=O)c1cccc(NC(=O)c2ccc(CNC3=C(Cl)C(=O)N(Cc4ccc(Cl)cc4)C3=O)cc2)c1. The van der Waals surface area contributed by atoms with Crippen LogP contribution in [0.25, 0.3) is 0 Å². The molecule has 0 radical (unpaired) electrons. The first-order valence-corrected chi connectivity index (χ1v) is 12.8. The van der Waals surface area contributed by atoms with E-state index in [9.17, 15) is 19.2 Å². The fourth-order valence-electron chi connectivity index (χ4n) is 3.79. The second-order valence-electron chi connectivity index (χ2n) is 9.05. The quantitative estimate of drug-likeness (QED) is 0.270. The highest BCUT2D eigenvalue weighted by Crippen LogP contribution is 2.25. The predicted molar refractivity (Wildman–Crippen MR) is 148 cm³/mol.